The normalized spacial score (nSPS) is 7.74. The van der Waals surface area contributed by atoms with E-state index in [1.54, 1.807) is 23.3 Å². The van der Waals surface area contributed by atoms with Gasteiger partial charge in [-0.1, -0.05) is 6.07 Å². The fraction of sp³-hybridized carbons (Fsp3) is 0.0667. The van der Waals surface area contributed by atoms with Gasteiger partial charge in [-0.2, -0.15) is 35.7 Å². The van der Waals surface area contributed by atoms with Gasteiger partial charge in [0.05, 0.1) is 0 Å². The van der Waals surface area contributed by atoms with Crippen LogP contribution in [0.1, 0.15) is 0 Å². The van der Waals surface area contributed by atoms with Crippen LogP contribution in [0.5, 0.6) is 0 Å². The van der Waals surface area contributed by atoms with E-state index in [4.69, 9.17) is 0 Å². The second-order valence-corrected chi connectivity index (χ2v) is 8.24. The summed E-state index contributed by atoms with van der Waals surface area (Å²) in [6.07, 6.45) is 0.840. The molecule has 0 radical (unpaired) electrons. The first-order valence-corrected chi connectivity index (χ1v) is 11.6. The second-order valence-electron chi connectivity index (χ2n) is 3.41. The summed E-state index contributed by atoms with van der Waals surface area (Å²) in [5.74, 6) is 0. The van der Waals surface area contributed by atoms with E-state index in [0.717, 1.165) is 6.16 Å². The third kappa shape index (κ3) is 9.40. The average Bonchev–Trinajstić information content (AvgIpc) is 3.05. The van der Waals surface area contributed by atoms with Crippen LogP contribution in [0.15, 0.2) is 72.8 Å². The Labute approximate surface area is 143 Å². The van der Waals surface area contributed by atoms with E-state index in [1.807, 2.05) is 30.3 Å². The molecule has 3 rings (SSSR count). The van der Waals surface area contributed by atoms with Crippen LogP contribution in [0.4, 0.5) is 0 Å². The van der Waals surface area contributed by atoms with Crippen molar-refractivity contribution in [3.63, 3.8) is 0 Å². The summed E-state index contributed by atoms with van der Waals surface area (Å²) in [5.41, 5.74) is 0. The van der Waals surface area contributed by atoms with Crippen LogP contribution in [0, 0.1) is 0 Å². The monoisotopic (exact) mass is 384 g/mol. The maximum Gasteiger partial charge on any atom is -0.0809 e. The van der Waals surface area contributed by atoms with Crippen LogP contribution in [0.2, 0.25) is 6.55 Å². The molecule has 0 spiro atoms. The first kappa shape index (κ1) is 21.2. The van der Waals surface area contributed by atoms with Gasteiger partial charge in [-0.25, -0.2) is 12.1 Å². The molecule has 0 nitrogen and oxygen atoms in total. The van der Waals surface area contributed by atoms with Crippen molar-refractivity contribution < 1.29 is 48.1 Å². The van der Waals surface area contributed by atoms with E-state index in [1.165, 1.54) is 10.8 Å². The van der Waals surface area contributed by atoms with Crippen LogP contribution in [0.25, 0.3) is 10.8 Å². The van der Waals surface area contributed by atoms with Gasteiger partial charge in [0.25, 0.3) is 0 Å². The molecule has 0 aromatic heterocycles. The minimum absolute atomic E-state index is 0. The van der Waals surface area contributed by atoms with Gasteiger partial charge in [-0.05, 0) is 0 Å². The van der Waals surface area contributed by atoms with E-state index >= 15 is 0 Å². The molecule has 0 amide bonds. The molecule has 0 atom stereocenters. The van der Waals surface area contributed by atoms with E-state index < -0.39 is 0 Å². The first-order chi connectivity index (χ1) is 8.38. The van der Waals surface area contributed by atoms with Gasteiger partial charge in [0, 0.05) is 0 Å². The largest absolute Gasteiger partial charge is 1.00 e. The summed E-state index contributed by atoms with van der Waals surface area (Å²) in [6, 6.07) is 24.7. The molecule has 0 bridgehead atoms. The molecular weight excluding hydrogens is 370 g/mol. The number of rotatable bonds is 0. The van der Waals surface area contributed by atoms with Crippen molar-refractivity contribution in [3.8, 4) is 0 Å². The number of benzene rings is 1. The van der Waals surface area contributed by atoms with Crippen LogP contribution >= 0.6 is 0 Å². The molecule has 0 unspecified atom stereocenters. The van der Waals surface area contributed by atoms with Gasteiger partial charge < -0.3 is 24.8 Å². The fourth-order valence-electron chi connectivity index (χ4n) is 1.39. The fourth-order valence-corrected chi connectivity index (χ4v) is 1.39. The Bertz CT molecular complexity index is 470. The first-order valence-electron chi connectivity index (χ1n) is 5.60. The Kier molecular flexibility index (Phi) is 15.9. The van der Waals surface area contributed by atoms with Gasteiger partial charge in [-0.3, -0.25) is 0 Å². The minimum Gasteiger partial charge on any atom is -1.00 e. The van der Waals surface area contributed by atoms with E-state index in [-0.39, 0.29) is 24.8 Å². The van der Waals surface area contributed by atoms with Gasteiger partial charge in [0.2, 0.25) is 0 Å². The summed E-state index contributed by atoms with van der Waals surface area (Å²) in [4.78, 5) is 0. The molecule has 0 fully saturated rings. The molecule has 4 heteroatoms. The van der Waals surface area contributed by atoms with Crippen molar-refractivity contribution in [2.45, 2.75) is 6.55 Å². The zero-order valence-electron chi connectivity index (χ0n) is 10.8. The molecule has 0 aliphatic rings. The van der Waals surface area contributed by atoms with Gasteiger partial charge >= 0.3 is 36.0 Å². The number of hydrogen-bond donors (Lipinski definition) is 0. The molecule has 0 N–H and O–H groups in total. The third-order valence-electron chi connectivity index (χ3n) is 2.10. The maximum absolute atomic E-state index is 2.25. The Morgan fingerprint density at radius 2 is 1.47 bits per heavy atom. The molecule has 19 heavy (non-hydrogen) atoms. The van der Waals surface area contributed by atoms with E-state index in [0.29, 0.717) is 0 Å². The Morgan fingerprint density at radius 1 is 0.895 bits per heavy atom. The zero-order valence-corrected chi connectivity index (χ0v) is 15.9. The van der Waals surface area contributed by atoms with Crippen molar-refractivity contribution in [1.29, 1.82) is 0 Å². The zero-order chi connectivity index (χ0) is 12.3. The smallest absolute Gasteiger partial charge is 0.0809 e. The Morgan fingerprint density at radius 3 is 1.95 bits per heavy atom. The third-order valence-corrected chi connectivity index (χ3v) is 2.10. The Hall–Kier alpha value is -0.140. The molecule has 100 valence electrons. The summed E-state index contributed by atoms with van der Waals surface area (Å²) < 4.78 is 0. The van der Waals surface area contributed by atoms with Crippen molar-refractivity contribution in [3.05, 3.63) is 72.8 Å². The molecule has 0 saturated heterocycles. The molecule has 0 saturated carbocycles. The average molecular weight is 387 g/mol. The molecule has 0 heterocycles. The second kappa shape index (κ2) is 14.3. The van der Waals surface area contributed by atoms with Crippen LogP contribution in [0.3, 0.4) is 0 Å². The van der Waals surface area contributed by atoms with Crippen LogP contribution in [-0.4, -0.2) is 6.16 Å². The standard InChI is InChI=1S/C9H7.C5H5.CH4Si.2ClH.Zr/c1-2-5-9-7-3-6-8(9)4-1;1-2-4-5-3-1;1-2;;;/h1-7H;1-5H;2H,1H3;2*1H;/q2*-1;;;;+2/p-2. The molecular formula is C15H16Cl2SiZr-2. The van der Waals surface area contributed by atoms with Gasteiger partial charge in [0.15, 0.2) is 0 Å². The molecule has 0 aliphatic carbocycles. The van der Waals surface area contributed by atoms with Crippen molar-refractivity contribution >= 4 is 16.9 Å². The van der Waals surface area contributed by atoms with Gasteiger partial charge in [-0.15, -0.1) is 29.7 Å². The number of halogens is 2. The van der Waals surface area contributed by atoms with E-state index in [9.17, 15) is 0 Å². The van der Waals surface area contributed by atoms with Crippen molar-refractivity contribution in [2.75, 3.05) is 0 Å². The predicted molar refractivity (Wildman–Crippen MR) is 74.6 cm³/mol. The predicted octanol–water partition coefficient (Wildman–Crippen LogP) is -2.09. The minimum atomic E-state index is 0. The van der Waals surface area contributed by atoms with Crippen LogP contribution < -0.4 is 24.8 Å². The quantitative estimate of drug-likeness (QED) is 0.307. The molecule has 3 aromatic rings. The summed E-state index contributed by atoms with van der Waals surface area (Å²) in [5, 5.41) is 2.66. The number of fused-ring (bicyclic) bond motifs is 1. The van der Waals surface area contributed by atoms with E-state index in [2.05, 4.69) is 49.0 Å². The summed E-state index contributed by atoms with van der Waals surface area (Å²) >= 11 is 1.72. The van der Waals surface area contributed by atoms with Crippen molar-refractivity contribution in [2.24, 2.45) is 0 Å². The maximum atomic E-state index is 2.25. The number of hydrogen-bond acceptors (Lipinski definition) is 0. The topological polar surface area (TPSA) is 0 Å². The molecule has 3 aromatic carbocycles. The SMILES string of the molecule is C[SiH]=[Zr+2].[Cl-].[Cl-].c1cc[cH-]c1.c1ccc2[cH-]ccc2c1. The van der Waals surface area contributed by atoms with Gasteiger partial charge in [0.1, 0.15) is 0 Å². The Balaban J connectivity index is 0. The molecule has 0 aliphatic heterocycles. The summed E-state index contributed by atoms with van der Waals surface area (Å²) in [7, 11) is 0. The summed E-state index contributed by atoms with van der Waals surface area (Å²) in [6.45, 7) is 2.25. The van der Waals surface area contributed by atoms with Crippen molar-refractivity contribution in [1.82, 2.24) is 0 Å². The van der Waals surface area contributed by atoms with Crippen LogP contribution in [-0.2, 0) is 23.3 Å².